The number of hydrogen-bond acceptors (Lipinski definition) is 3. The third-order valence-corrected chi connectivity index (χ3v) is 4.30. The Labute approximate surface area is 116 Å². The van der Waals surface area contributed by atoms with E-state index >= 15 is 0 Å². The van der Waals surface area contributed by atoms with Gasteiger partial charge in [0, 0.05) is 13.1 Å². The van der Waals surface area contributed by atoms with Crippen molar-refractivity contribution in [1.29, 1.82) is 0 Å². The smallest absolute Gasteiger partial charge is 0.0899 e. The van der Waals surface area contributed by atoms with Gasteiger partial charge in [-0.15, -0.1) is 0 Å². The Morgan fingerprint density at radius 2 is 2.24 bits per heavy atom. The molecule has 1 aromatic heterocycles. The highest BCUT2D eigenvalue weighted by Crippen LogP contribution is 2.22. The average Bonchev–Trinajstić information content (AvgIpc) is 2.55. The van der Waals surface area contributed by atoms with E-state index in [2.05, 4.69) is 32.9 Å². The molecule has 1 heterocycles. The van der Waals surface area contributed by atoms with Gasteiger partial charge in [-0.2, -0.15) is 5.10 Å². The predicted molar refractivity (Wildman–Crippen MR) is 78.1 cm³/mol. The maximum Gasteiger partial charge on any atom is 0.0899 e. The fourth-order valence-corrected chi connectivity index (χ4v) is 2.20. The van der Waals surface area contributed by atoms with E-state index in [1.165, 1.54) is 0 Å². The van der Waals surface area contributed by atoms with Crippen LogP contribution in [0.15, 0.2) is 4.47 Å². The van der Waals surface area contributed by atoms with Gasteiger partial charge in [-0.1, -0.05) is 12.2 Å². The van der Waals surface area contributed by atoms with Gasteiger partial charge in [0.05, 0.1) is 26.9 Å². The van der Waals surface area contributed by atoms with Crippen LogP contribution in [0.5, 0.6) is 0 Å². The number of aromatic nitrogens is 2. The van der Waals surface area contributed by atoms with Crippen molar-refractivity contribution >= 4 is 33.1 Å². The lowest BCUT2D eigenvalue weighted by Gasteiger charge is -2.24. The Morgan fingerprint density at radius 1 is 1.65 bits per heavy atom. The number of aryl methyl sites for hydroxylation is 2. The fraction of sp³-hybridized carbons (Fsp3) is 0.636. The molecule has 0 radical (unpaired) electrons. The van der Waals surface area contributed by atoms with Crippen molar-refractivity contribution in [2.24, 2.45) is 5.73 Å². The third kappa shape index (κ3) is 3.26. The summed E-state index contributed by atoms with van der Waals surface area (Å²) in [5.41, 5.74) is 7.83. The molecule has 17 heavy (non-hydrogen) atoms. The molecule has 0 bridgehead atoms. The molecule has 1 unspecified atom stereocenters. The van der Waals surface area contributed by atoms with Crippen molar-refractivity contribution in [3.05, 3.63) is 15.9 Å². The van der Waals surface area contributed by atoms with Crippen LogP contribution in [0, 0.1) is 6.92 Å². The van der Waals surface area contributed by atoms with Gasteiger partial charge < -0.3 is 5.73 Å². The number of thiocarbonyl (C=S) groups is 1. The van der Waals surface area contributed by atoms with Crippen molar-refractivity contribution in [3.8, 4) is 0 Å². The van der Waals surface area contributed by atoms with Gasteiger partial charge in [0.2, 0.25) is 0 Å². The molecule has 2 N–H and O–H groups in total. The first-order chi connectivity index (χ1) is 7.88. The van der Waals surface area contributed by atoms with Crippen molar-refractivity contribution in [1.82, 2.24) is 14.7 Å². The van der Waals surface area contributed by atoms with Crippen molar-refractivity contribution in [2.45, 2.75) is 39.9 Å². The van der Waals surface area contributed by atoms with Crippen LogP contribution in [-0.4, -0.2) is 32.8 Å². The van der Waals surface area contributed by atoms with E-state index in [1.807, 2.05) is 25.6 Å². The summed E-state index contributed by atoms with van der Waals surface area (Å²) in [7, 11) is 2.01. The topological polar surface area (TPSA) is 47.1 Å². The third-order valence-electron chi connectivity index (χ3n) is 2.92. The zero-order valence-corrected chi connectivity index (χ0v) is 13.1. The summed E-state index contributed by atoms with van der Waals surface area (Å²) in [6.07, 6.45) is 0. The standard InChI is InChI=1S/C11H19BrN4S/c1-5-16-9(10(12)7(2)14-16)6-15(4)8(3)11(13)17/h8H,5-6H2,1-4H3,(H2,13,17). The molecule has 1 rings (SSSR count). The maximum absolute atomic E-state index is 5.66. The molecule has 0 aliphatic rings. The summed E-state index contributed by atoms with van der Waals surface area (Å²) in [5, 5.41) is 4.46. The SMILES string of the molecule is CCn1nc(C)c(Br)c1CN(C)C(C)C(N)=S. The minimum absolute atomic E-state index is 0.0809. The second kappa shape index (κ2) is 5.93. The summed E-state index contributed by atoms with van der Waals surface area (Å²) in [5.74, 6) is 0. The maximum atomic E-state index is 5.66. The highest BCUT2D eigenvalue weighted by molar-refractivity contribution is 9.10. The molecule has 6 heteroatoms. The molecule has 0 spiro atoms. The highest BCUT2D eigenvalue weighted by atomic mass is 79.9. The van der Waals surface area contributed by atoms with E-state index in [9.17, 15) is 0 Å². The molecule has 1 atom stereocenters. The number of rotatable bonds is 5. The van der Waals surface area contributed by atoms with E-state index in [-0.39, 0.29) is 6.04 Å². The van der Waals surface area contributed by atoms with Crippen molar-refractivity contribution in [2.75, 3.05) is 7.05 Å². The molecule has 1 aromatic rings. The number of nitrogens with zero attached hydrogens (tertiary/aromatic N) is 3. The van der Waals surface area contributed by atoms with Crippen molar-refractivity contribution < 1.29 is 0 Å². The number of hydrogen-bond donors (Lipinski definition) is 1. The number of nitrogens with two attached hydrogens (primary N) is 1. The van der Waals surface area contributed by atoms with Crippen LogP contribution in [-0.2, 0) is 13.1 Å². The van der Waals surface area contributed by atoms with Gasteiger partial charge in [0.1, 0.15) is 0 Å². The Hall–Kier alpha value is -0.460. The Bertz CT molecular complexity index is 416. The normalized spacial score (nSPS) is 13.1. The largest absolute Gasteiger partial charge is 0.392 e. The second-order valence-corrected chi connectivity index (χ2v) is 5.42. The molecule has 0 saturated heterocycles. The van der Waals surface area contributed by atoms with Crippen LogP contribution in [0.1, 0.15) is 25.2 Å². The first-order valence-corrected chi connectivity index (χ1v) is 6.79. The second-order valence-electron chi connectivity index (χ2n) is 4.16. The van der Waals surface area contributed by atoms with E-state index in [0.29, 0.717) is 4.99 Å². The van der Waals surface area contributed by atoms with Crippen LogP contribution >= 0.6 is 28.1 Å². The fourth-order valence-electron chi connectivity index (χ4n) is 1.61. The van der Waals surface area contributed by atoms with Gasteiger partial charge in [0.15, 0.2) is 0 Å². The summed E-state index contributed by atoms with van der Waals surface area (Å²) in [6.45, 7) is 7.72. The monoisotopic (exact) mass is 318 g/mol. The number of halogens is 1. The van der Waals surface area contributed by atoms with Gasteiger partial charge in [-0.05, 0) is 43.7 Å². The van der Waals surface area contributed by atoms with Gasteiger partial charge in [-0.3, -0.25) is 9.58 Å². The summed E-state index contributed by atoms with van der Waals surface area (Å²) in [6, 6.07) is 0.0809. The molecule has 0 fully saturated rings. The predicted octanol–water partition coefficient (Wildman–Crippen LogP) is 2.08. The highest BCUT2D eigenvalue weighted by Gasteiger charge is 2.18. The quantitative estimate of drug-likeness (QED) is 0.844. The Balaban J connectivity index is 2.91. The van der Waals surface area contributed by atoms with Crippen LogP contribution < -0.4 is 5.73 Å². The average molecular weight is 319 g/mol. The first kappa shape index (κ1) is 14.6. The molecular weight excluding hydrogens is 300 g/mol. The van der Waals surface area contributed by atoms with E-state index in [0.717, 1.165) is 29.0 Å². The van der Waals surface area contributed by atoms with Crippen LogP contribution in [0.3, 0.4) is 0 Å². The zero-order valence-electron chi connectivity index (χ0n) is 10.7. The molecule has 0 aromatic carbocycles. The molecule has 0 aliphatic heterocycles. The summed E-state index contributed by atoms with van der Waals surface area (Å²) in [4.78, 5) is 2.64. The lowest BCUT2D eigenvalue weighted by atomic mass is 10.2. The van der Waals surface area contributed by atoms with Crippen molar-refractivity contribution in [3.63, 3.8) is 0 Å². The van der Waals surface area contributed by atoms with Crippen LogP contribution in [0.4, 0.5) is 0 Å². The summed E-state index contributed by atoms with van der Waals surface area (Å²) < 4.78 is 3.07. The van der Waals surface area contributed by atoms with Gasteiger partial charge in [0.25, 0.3) is 0 Å². The molecule has 0 saturated carbocycles. The van der Waals surface area contributed by atoms with Crippen LogP contribution in [0.25, 0.3) is 0 Å². The molecule has 0 amide bonds. The zero-order chi connectivity index (χ0) is 13.2. The minimum Gasteiger partial charge on any atom is -0.392 e. The first-order valence-electron chi connectivity index (χ1n) is 5.59. The minimum atomic E-state index is 0.0809. The van der Waals surface area contributed by atoms with E-state index in [4.69, 9.17) is 18.0 Å². The molecule has 4 nitrogen and oxygen atoms in total. The lowest BCUT2D eigenvalue weighted by molar-refractivity contribution is 0.293. The summed E-state index contributed by atoms with van der Waals surface area (Å²) >= 11 is 8.59. The molecule has 0 aliphatic carbocycles. The molecular formula is C11H19BrN4S. The van der Waals surface area contributed by atoms with E-state index < -0.39 is 0 Å². The Morgan fingerprint density at radius 3 is 2.71 bits per heavy atom. The van der Waals surface area contributed by atoms with Gasteiger partial charge >= 0.3 is 0 Å². The lowest BCUT2D eigenvalue weighted by Crippen LogP contribution is -2.39. The Kier molecular flexibility index (Phi) is 5.09. The van der Waals surface area contributed by atoms with E-state index in [1.54, 1.807) is 0 Å². The van der Waals surface area contributed by atoms with Gasteiger partial charge in [-0.25, -0.2) is 0 Å². The van der Waals surface area contributed by atoms with Crippen LogP contribution in [0.2, 0.25) is 0 Å². The number of likely N-dealkylation sites (N-methyl/N-ethyl adjacent to an activating group) is 1. The molecule has 96 valence electrons.